The summed E-state index contributed by atoms with van der Waals surface area (Å²) in [6, 6.07) is 0. The minimum Gasteiger partial charge on any atom is -0.356 e. The van der Waals surface area contributed by atoms with Gasteiger partial charge in [-0.3, -0.25) is 0 Å². The fourth-order valence-electron chi connectivity index (χ4n) is 0.654. The van der Waals surface area contributed by atoms with E-state index in [0.29, 0.717) is 5.95 Å². The molecule has 0 spiro atoms. The van der Waals surface area contributed by atoms with Crippen molar-refractivity contribution in [3.63, 3.8) is 0 Å². The normalized spacial score (nSPS) is 9.90. The van der Waals surface area contributed by atoms with Crippen molar-refractivity contribution in [2.24, 2.45) is 7.05 Å². The van der Waals surface area contributed by atoms with Gasteiger partial charge in [0.05, 0.1) is 0 Å². The molecule has 1 N–H and O–H groups in total. The molecule has 0 unspecified atom stereocenters. The molecule has 5 heteroatoms. The van der Waals surface area contributed by atoms with Crippen LogP contribution in [0.4, 0.5) is 5.95 Å². The largest absolute Gasteiger partial charge is 0.356 e. The number of aromatic nitrogens is 3. The fraction of sp³-hybridized carbons (Fsp3) is 0.600. The van der Waals surface area contributed by atoms with E-state index in [4.69, 9.17) is 0 Å². The van der Waals surface area contributed by atoms with Gasteiger partial charge in [-0.25, -0.2) is 4.68 Å². The zero-order valence-electron chi connectivity index (χ0n) is 6.25. The van der Waals surface area contributed by atoms with E-state index < -0.39 is 0 Å². The van der Waals surface area contributed by atoms with Crippen molar-refractivity contribution in [3.8, 4) is 0 Å². The summed E-state index contributed by atoms with van der Waals surface area (Å²) >= 11 is 1.58. The smallest absolute Gasteiger partial charge is 0.242 e. The Hall–Kier alpha value is -0.710. The minimum absolute atomic E-state index is 0.673. The fourth-order valence-corrected chi connectivity index (χ4v) is 1.14. The number of thioether (sulfide) groups is 1. The van der Waals surface area contributed by atoms with Crippen LogP contribution >= 0.6 is 11.8 Å². The monoisotopic (exact) mass is 158 g/mol. The molecule has 1 rings (SSSR count). The number of nitrogens with zero attached hydrogens (tertiary/aromatic N) is 3. The molecular weight excluding hydrogens is 148 g/mol. The Morgan fingerprint density at radius 2 is 2.30 bits per heavy atom. The lowest BCUT2D eigenvalue weighted by molar-refractivity contribution is 0.687. The lowest BCUT2D eigenvalue weighted by atomic mass is 11.0. The van der Waals surface area contributed by atoms with Crippen molar-refractivity contribution in [3.05, 3.63) is 0 Å². The Morgan fingerprint density at radius 3 is 2.60 bits per heavy atom. The van der Waals surface area contributed by atoms with E-state index in [-0.39, 0.29) is 0 Å². The molecule has 4 nitrogen and oxygen atoms in total. The summed E-state index contributed by atoms with van der Waals surface area (Å²) < 4.78 is 1.75. The first-order chi connectivity index (χ1) is 4.77. The molecule has 0 saturated carbocycles. The number of nitrogens with one attached hydrogen (secondary N) is 1. The summed E-state index contributed by atoms with van der Waals surface area (Å²) in [4.78, 5) is 4.15. The summed E-state index contributed by atoms with van der Waals surface area (Å²) in [6.45, 7) is 0. The third-order valence-corrected chi connectivity index (χ3v) is 1.85. The van der Waals surface area contributed by atoms with E-state index >= 15 is 0 Å². The molecule has 0 aliphatic heterocycles. The van der Waals surface area contributed by atoms with Gasteiger partial charge in [-0.15, -0.1) is 5.10 Å². The van der Waals surface area contributed by atoms with E-state index in [0.717, 1.165) is 5.16 Å². The SMILES string of the molecule is CNc1nc(SC)n(C)n1. The first kappa shape index (κ1) is 7.40. The average Bonchev–Trinajstić information content (AvgIpc) is 2.30. The van der Waals surface area contributed by atoms with Crippen LogP contribution in [0.1, 0.15) is 0 Å². The summed E-state index contributed by atoms with van der Waals surface area (Å²) in [5, 5.41) is 7.86. The molecule has 0 fully saturated rings. The van der Waals surface area contributed by atoms with Crippen LogP contribution in [-0.4, -0.2) is 28.1 Å². The number of aryl methyl sites for hydroxylation is 1. The molecule has 1 heterocycles. The van der Waals surface area contributed by atoms with Crippen molar-refractivity contribution in [2.75, 3.05) is 18.6 Å². The summed E-state index contributed by atoms with van der Waals surface area (Å²) in [6.07, 6.45) is 1.98. The van der Waals surface area contributed by atoms with E-state index in [9.17, 15) is 0 Å². The first-order valence-electron chi connectivity index (χ1n) is 2.90. The standard InChI is InChI=1S/C5H10N4S/c1-6-4-7-5(10-3)9(2)8-4/h1-3H3,(H,6,8). The Balaban J connectivity index is 2.92. The summed E-state index contributed by atoms with van der Waals surface area (Å²) in [5.74, 6) is 0.673. The van der Waals surface area contributed by atoms with Gasteiger partial charge in [-0.05, 0) is 6.26 Å². The van der Waals surface area contributed by atoms with Crippen LogP contribution in [0.2, 0.25) is 0 Å². The maximum Gasteiger partial charge on any atom is 0.242 e. The molecule has 1 aromatic rings. The van der Waals surface area contributed by atoms with Crippen LogP contribution in [-0.2, 0) is 7.05 Å². The third kappa shape index (κ3) is 1.23. The Labute approximate surface area is 64.0 Å². The predicted molar refractivity (Wildman–Crippen MR) is 42.3 cm³/mol. The van der Waals surface area contributed by atoms with E-state index in [1.807, 2.05) is 13.3 Å². The van der Waals surface area contributed by atoms with Gasteiger partial charge in [-0.2, -0.15) is 4.98 Å². The van der Waals surface area contributed by atoms with Gasteiger partial charge < -0.3 is 5.32 Å². The van der Waals surface area contributed by atoms with Crippen LogP contribution in [0, 0.1) is 0 Å². The molecule has 56 valence electrons. The van der Waals surface area contributed by atoms with Crippen molar-refractivity contribution >= 4 is 17.7 Å². The van der Waals surface area contributed by atoms with E-state index in [2.05, 4.69) is 15.4 Å². The van der Waals surface area contributed by atoms with Gasteiger partial charge in [0.25, 0.3) is 0 Å². The highest BCUT2D eigenvalue weighted by Crippen LogP contribution is 2.11. The highest BCUT2D eigenvalue weighted by Gasteiger charge is 2.01. The molecule has 0 aliphatic carbocycles. The maximum absolute atomic E-state index is 4.15. The molecule has 0 amide bonds. The second kappa shape index (κ2) is 2.92. The highest BCUT2D eigenvalue weighted by atomic mass is 32.2. The average molecular weight is 158 g/mol. The van der Waals surface area contributed by atoms with Crippen LogP contribution in [0.3, 0.4) is 0 Å². The molecule has 1 aromatic heterocycles. The number of rotatable bonds is 2. The quantitative estimate of drug-likeness (QED) is 0.639. The van der Waals surface area contributed by atoms with E-state index in [1.54, 1.807) is 23.5 Å². The first-order valence-corrected chi connectivity index (χ1v) is 4.13. The Kier molecular flexibility index (Phi) is 2.16. The predicted octanol–water partition coefficient (Wildman–Crippen LogP) is 0.579. The number of hydrogen-bond donors (Lipinski definition) is 1. The molecule has 0 bridgehead atoms. The van der Waals surface area contributed by atoms with Crippen molar-refractivity contribution in [1.82, 2.24) is 14.8 Å². The number of anilines is 1. The lowest BCUT2D eigenvalue weighted by Crippen LogP contribution is -1.93. The summed E-state index contributed by atoms with van der Waals surface area (Å²) in [5.41, 5.74) is 0. The van der Waals surface area contributed by atoms with Gasteiger partial charge >= 0.3 is 0 Å². The lowest BCUT2D eigenvalue weighted by Gasteiger charge is -1.89. The van der Waals surface area contributed by atoms with Crippen LogP contribution < -0.4 is 5.32 Å². The Bertz CT molecular complexity index is 219. The second-order valence-corrected chi connectivity index (χ2v) is 2.57. The number of hydrogen-bond acceptors (Lipinski definition) is 4. The van der Waals surface area contributed by atoms with Crippen molar-refractivity contribution in [2.45, 2.75) is 5.16 Å². The molecule has 0 radical (unpaired) electrons. The van der Waals surface area contributed by atoms with Gasteiger partial charge in [0, 0.05) is 14.1 Å². The molecule has 10 heavy (non-hydrogen) atoms. The van der Waals surface area contributed by atoms with Crippen LogP contribution in [0.5, 0.6) is 0 Å². The third-order valence-electron chi connectivity index (χ3n) is 1.13. The zero-order chi connectivity index (χ0) is 7.56. The van der Waals surface area contributed by atoms with Crippen LogP contribution in [0.25, 0.3) is 0 Å². The second-order valence-electron chi connectivity index (χ2n) is 1.80. The van der Waals surface area contributed by atoms with Gasteiger partial charge in [0.1, 0.15) is 0 Å². The zero-order valence-corrected chi connectivity index (χ0v) is 7.07. The van der Waals surface area contributed by atoms with Gasteiger partial charge in [0.2, 0.25) is 5.95 Å². The van der Waals surface area contributed by atoms with Gasteiger partial charge in [0.15, 0.2) is 5.16 Å². The molecule has 0 saturated heterocycles. The molecular formula is C5H10N4S. The summed E-state index contributed by atoms with van der Waals surface area (Å²) in [7, 11) is 3.68. The minimum atomic E-state index is 0.673. The topological polar surface area (TPSA) is 42.7 Å². The van der Waals surface area contributed by atoms with Gasteiger partial charge in [-0.1, -0.05) is 11.8 Å². The van der Waals surface area contributed by atoms with Crippen molar-refractivity contribution < 1.29 is 0 Å². The van der Waals surface area contributed by atoms with E-state index in [1.165, 1.54) is 0 Å². The molecule has 0 atom stereocenters. The highest BCUT2D eigenvalue weighted by molar-refractivity contribution is 7.98. The van der Waals surface area contributed by atoms with Crippen LogP contribution in [0.15, 0.2) is 5.16 Å². The van der Waals surface area contributed by atoms with Crippen molar-refractivity contribution in [1.29, 1.82) is 0 Å². The molecule has 0 aliphatic rings. The molecule has 0 aromatic carbocycles. The Morgan fingerprint density at radius 1 is 1.60 bits per heavy atom. The maximum atomic E-state index is 4.15.